The highest BCUT2D eigenvalue weighted by Crippen LogP contribution is 2.23. The molecule has 1 heterocycles. The summed E-state index contributed by atoms with van der Waals surface area (Å²) in [5, 5.41) is 2.71. The van der Waals surface area contributed by atoms with Crippen molar-refractivity contribution in [3.05, 3.63) is 29.8 Å². The molecule has 2 amide bonds. The Bertz CT molecular complexity index is 563. The molecular formula is C15H18F2N2O2. The second-order valence-corrected chi connectivity index (χ2v) is 5.27. The van der Waals surface area contributed by atoms with Gasteiger partial charge in [0, 0.05) is 24.7 Å². The van der Waals surface area contributed by atoms with E-state index in [0.29, 0.717) is 0 Å². The van der Waals surface area contributed by atoms with Crippen LogP contribution in [-0.2, 0) is 9.59 Å². The Labute approximate surface area is 122 Å². The monoisotopic (exact) mass is 296 g/mol. The minimum atomic E-state index is -1.01. The molecule has 1 N–H and O–H groups in total. The molecule has 2 atom stereocenters. The maximum atomic E-state index is 13.4. The van der Waals surface area contributed by atoms with Crippen molar-refractivity contribution in [2.24, 2.45) is 5.92 Å². The molecule has 1 aliphatic heterocycles. The predicted molar refractivity (Wildman–Crippen MR) is 74.7 cm³/mol. The van der Waals surface area contributed by atoms with Gasteiger partial charge in [-0.25, -0.2) is 8.78 Å². The van der Waals surface area contributed by atoms with E-state index >= 15 is 0 Å². The molecule has 1 aliphatic rings. The molecule has 0 saturated carbocycles. The van der Waals surface area contributed by atoms with Gasteiger partial charge >= 0.3 is 0 Å². The first-order valence-corrected chi connectivity index (χ1v) is 6.99. The van der Waals surface area contributed by atoms with Gasteiger partial charge in [-0.05, 0) is 18.1 Å². The van der Waals surface area contributed by atoms with Gasteiger partial charge in [0.2, 0.25) is 11.8 Å². The number of hydrogen-bond donors (Lipinski definition) is 1. The lowest BCUT2D eigenvalue weighted by Gasteiger charge is -2.27. The molecule has 0 spiro atoms. The van der Waals surface area contributed by atoms with Crippen LogP contribution in [0.4, 0.5) is 14.5 Å². The minimum absolute atomic E-state index is 0.0349. The van der Waals surface area contributed by atoms with E-state index in [0.717, 1.165) is 18.6 Å². The fraction of sp³-hybridized carbons (Fsp3) is 0.467. The number of carbonyl (C=O) groups is 2. The maximum absolute atomic E-state index is 13.4. The molecule has 0 aliphatic carbocycles. The normalized spacial score (nSPS) is 21.0. The number of carbonyl (C=O) groups excluding carboxylic acids is 2. The highest BCUT2D eigenvalue weighted by molar-refractivity contribution is 6.01. The first-order chi connectivity index (χ1) is 9.93. The van der Waals surface area contributed by atoms with Gasteiger partial charge in [-0.1, -0.05) is 20.3 Å². The molecule has 114 valence electrons. The van der Waals surface area contributed by atoms with E-state index in [1.807, 2.05) is 13.8 Å². The van der Waals surface area contributed by atoms with E-state index in [1.165, 1.54) is 11.0 Å². The molecule has 2 rings (SSSR count). The third-order valence-electron chi connectivity index (χ3n) is 3.84. The number of nitrogens with zero attached hydrogens (tertiary/aromatic N) is 1. The van der Waals surface area contributed by atoms with Crippen molar-refractivity contribution >= 4 is 17.5 Å². The average Bonchev–Trinajstić information content (AvgIpc) is 2.61. The summed E-state index contributed by atoms with van der Waals surface area (Å²) in [6, 6.07) is 2.67. The predicted octanol–water partition coefficient (Wildman–Crippen LogP) is 2.23. The molecule has 6 heteroatoms. The van der Waals surface area contributed by atoms with E-state index < -0.39 is 17.7 Å². The third kappa shape index (κ3) is 3.20. The fourth-order valence-electron chi connectivity index (χ4n) is 2.33. The summed E-state index contributed by atoms with van der Waals surface area (Å²) in [6.45, 7) is 3.96. The number of halogens is 2. The molecular weight excluding hydrogens is 278 g/mol. The van der Waals surface area contributed by atoms with Crippen molar-refractivity contribution in [1.82, 2.24) is 5.32 Å². The second-order valence-electron chi connectivity index (χ2n) is 5.27. The molecule has 21 heavy (non-hydrogen) atoms. The van der Waals surface area contributed by atoms with Crippen LogP contribution in [-0.4, -0.2) is 24.4 Å². The summed E-state index contributed by atoms with van der Waals surface area (Å²) in [5.74, 6) is -2.51. The number of amides is 2. The van der Waals surface area contributed by atoms with Crippen LogP contribution in [0.2, 0.25) is 0 Å². The quantitative estimate of drug-likeness (QED) is 0.930. The van der Waals surface area contributed by atoms with Crippen molar-refractivity contribution in [3.63, 3.8) is 0 Å². The molecule has 1 fully saturated rings. The Kier molecular flexibility index (Phi) is 4.55. The van der Waals surface area contributed by atoms with Crippen LogP contribution in [0.3, 0.4) is 0 Å². The van der Waals surface area contributed by atoms with Crippen LogP contribution in [0.25, 0.3) is 0 Å². The first-order valence-electron chi connectivity index (χ1n) is 6.99. The minimum Gasteiger partial charge on any atom is -0.344 e. The van der Waals surface area contributed by atoms with Crippen LogP contribution < -0.4 is 10.2 Å². The first kappa shape index (κ1) is 15.4. The van der Waals surface area contributed by atoms with Gasteiger partial charge in [0.05, 0.1) is 0 Å². The topological polar surface area (TPSA) is 49.4 Å². The van der Waals surface area contributed by atoms with Crippen molar-refractivity contribution in [1.29, 1.82) is 0 Å². The summed E-state index contributed by atoms with van der Waals surface area (Å²) < 4.78 is 26.4. The van der Waals surface area contributed by atoms with Gasteiger partial charge in [-0.3, -0.25) is 9.59 Å². The molecule has 0 bridgehead atoms. The van der Waals surface area contributed by atoms with Crippen molar-refractivity contribution in [2.75, 3.05) is 11.4 Å². The maximum Gasteiger partial charge on any atom is 0.249 e. The van der Waals surface area contributed by atoms with Crippen LogP contribution >= 0.6 is 0 Å². The average molecular weight is 296 g/mol. The number of nitrogens with one attached hydrogen (secondary N) is 1. The Morgan fingerprint density at radius 3 is 2.67 bits per heavy atom. The molecule has 4 nitrogen and oxygen atoms in total. The molecule has 1 saturated heterocycles. The Morgan fingerprint density at radius 2 is 2.05 bits per heavy atom. The van der Waals surface area contributed by atoms with Crippen LogP contribution in [0, 0.1) is 17.6 Å². The van der Waals surface area contributed by atoms with Gasteiger partial charge in [-0.2, -0.15) is 0 Å². The SMILES string of the molecule is CCC(C)C1NC(=O)CCN(c2ccc(F)c(F)c2)C1=O. The second kappa shape index (κ2) is 6.20. The Hall–Kier alpha value is -1.98. The lowest BCUT2D eigenvalue weighted by atomic mass is 9.98. The van der Waals surface area contributed by atoms with E-state index in [-0.39, 0.29) is 36.4 Å². The standard InChI is InChI=1S/C15H18F2N2O2/c1-3-9(2)14-15(21)19(7-6-13(20)18-14)10-4-5-11(16)12(17)8-10/h4-5,8-9,14H,3,6-7H2,1-2H3,(H,18,20). The molecule has 0 aromatic heterocycles. The van der Waals surface area contributed by atoms with Gasteiger partial charge in [0.25, 0.3) is 0 Å². The van der Waals surface area contributed by atoms with E-state index in [4.69, 9.17) is 0 Å². The number of benzene rings is 1. The number of hydrogen-bond acceptors (Lipinski definition) is 2. The lowest BCUT2D eigenvalue weighted by Crippen LogP contribution is -2.48. The van der Waals surface area contributed by atoms with Crippen LogP contribution in [0.15, 0.2) is 18.2 Å². The summed E-state index contributed by atoms with van der Waals surface area (Å²) >= 11 is 0. The van der Waals surface area contributed by atoms with E-state index in [2.05, 4.69) is 5.32 Å². The summed E-state index contributed by atoms with van der Waals surface area (Å²) in [4.78, 5) is 25.7. The van der Waals surface area contributed by atoms with E-state index in [1.54, 1.807) is 0 Å². The molecule has 0 radical (unpaired) electrons. The molecule has 1 aromatic rings. The molecule has 2 unspecified atom stereocenters. The summed E-state index contributed by atoms with van der Waals surface area (Å²) in [6.07, 6.45) is 0.861. The van der Waals surface area contributed by atoms with Crippen LogP contribution in [0.5, 0.6) is 0 Å². The Morgan fingerprint density at radius 1 is 1.33 bits per heavy atom. The largest absolute Gasteiger partial charge is 0.344 e. The van der Waals surface area contributed by atoms with Gasteiger partial charge in [-0.15, -0.1) is 0 Å². The molecule has 1 aromatic carbocycles. The highest BCUT2D eigenvalue weighted by Gasteiger charge is 2.33. The van der Waals surface area contributed by atoms with Crippen molar-refractivity contribution < 1.29 is 18.4 Å². The fourth-order valence-corrected chi connectivity index (χ4v) is 2.33. The number of rotatable bonds is 3. The zero-order valence-corrected chi connectivity index (χ0v) is 12.0. The van der Waals surface area contributed by atoms with E-state index in [9.17, 15) is 18.4 Å². The summed E-state index contributed by atoms with van der Waals surface area (Å²) in [5.41, 5.74) is 0.267. The summed E-state index contributed by atoms with van der Waals surface area (Å²) in [7, 11) is 0. The Balaban J connectivity index is 2.34. The van der Waals surface area contributed by atoms with Crippen LogP contribution in [0.1, 0.15) is 26.7 Å². The highest BCUT2D eigenvalue weighted by atomic mass is 19.2. The van der Waals surface area contributed by atoms with Gasteiger partial charge < -0.3 is 10.2 Å². The van der Waals surface area contributed by atoms with Crippen molar-refractivity contribution in [3.8, 4) is 0 Å². The lowest BCUT2D eigenvalue weighted by molar-refractivity contribution is -0.126. The van der Waals surface area contributed by atoms with Gasteiger partial charge in [0.15, 0.2) is 11.6 Å². The van der Waals surface area contributed by atoms with Gasteiger partial charge in [0.1, 0.15) is 6.04 Å². The zero-order valence-electron chi connectivity index (χ0n) is 12.0. The zero-order chi connectivity index (χ0) is 15.6. The third-order valence-corrected chi connectivity index (χ3v) is 3.84. The van der Waals surface area contributed by atoms with Crippen molar-refractivity contribution in [2.45, 2.75) is 32.7 Å². The smallest absolute Gasteiger partial charge is 0.249 e. The number of anilines is 1.